The Morgan fingerprint density at radius 2 is 2.05 bits per heavy atom. The number of thiocarbonyl (C=S) groups is 1. The van der Waals surface area contributed by atoms with Gasteiger partial charge in [0, 0.05) is 6.20 Å². The standard InChI is InChI=1S/C17H20N2OS/c1-11(2)14-5-4-12(3)16(9-14)20-10-13-6-7-19-15(8-13)17(18)21/h4-9,11H,10H2,1-3H3,(H2,18,21). The third-order valence-corrected chi connectivity index (χ3v) is 3.56. The summed E-state index contributed by atoms with van der Waals surface area (Å²) in [6, 6.07) is 10.1. The van der Waals surface area contributed by atoms with E-state index >= 15 is 0 Å². The van der Waals surface area contributed by atoms with Gasteiger partial charge in [0.05, 0.1) is 5.69 Å². The van der Waals surface area contributed by atoms with Crippen LogP contribution in [0.2, 0.25) is 0 Å². The molecule has 2 aromatic rings. The molecule has 4 heteroatoms. The lowest BCUT2D eigenvalue weighted by atomic mass is 10.0. The van der Waals surface area contributed by atoms with E-state index in [1.807, 2.05) is 19.1 Å². The van der Waals surface area contributed by atoms with E-state index in [-0.39, 0.29) is 0 Å². The number of ether oxygens (including phenoxy) is 1. The van der Waals surface area contributed by atoms with Crippen LogP contribution in [-0.2, 0) is 6.61 Å². The molecule has 0 aliphatic carbocycles. The highest BCUT2D eigenvalue weighted by Crippen LogP contribution is 2.25. The molecule has 110 valence electrons. The van der Waals surface area contributed by atoms with Gasteiger partial charge in [-0.2, -0.15) is 0 Å². The predicted molar refractivity (Wildman–Crippen MR) is 89.7 cm³/mol. The largest absolute Gasteiger partial charge is 0.489 e. The third-order valence-electron chi connectivity index (χ3n) is 3.35. The third kappa shape index (κ3) is 4.02. The van der Waals surface area contributed by atoms with E-state index in [1.165, 1.54) is 5.56 Å². The van der Waals surface area contributed by atoms with Crippen LogP contribution in [0.15, 0.2) is 36.5 Å². The van der Waals surface area contributed by atoms with Gasteiger partial charge < -0.3 is 10.5 Å². The summed E-state index contributed by atoms with van der Waals surface area (Å²) in [4.78, 5) is 4.43. The summed E-state index contributed by atoms with van der Waals surface area (Å²) < 4.78 is 5.94. The molecule has 0 fully saturated rings. The molecule has 0 aliphatic rings. The van der Waals surface area contributed by atoms with Crippen LogP contribution in [0.3, 0.4) is 0 Å². The van der Waals surface area contributed by atoms with Crippen molar-refractivity contribution < 1.29 is 4.74 Å². The number of aryl methyl sites for hydroxylation is 1. The van der Waals surface area contributed by atoms with E-state index in [4.69, 9.17) is 22.7 Å². The van der Waals surface area contributed by atoms with E-state index < -0.39 is 0 Å². The molecule has 0 saturated heterocycles. The van der Waals surface area contributed by atoms with Crippen molar-refractivity contribution in [2.45, 2.75) is 33.3 Å². The van der Waals surface area contributed by atoms with Crippen LogP contribution in [0.1, 0.15) is 42.1 Å². The van der Waals surface area contributed by atoms with E-state index in [1.54, 1.807) is 6.20 Å². The van der Waals surface area contributed by atoms with Gasteiger partial charge in [-0.15, -0.1) is 0 Å². The monoisotopic (exact) mass is 300 g/mol. The van der Waals surface area contributed by atoms with Crippen LogP contribution in [0.25, 0.3) is 0 Å². The lowest BCUT2D eigenvalue weighted by Gasteiger charge is -2.13. The van der Waals surface area contributed by atoms with Crippen LogP contribution in [0.5, 0.6) is 5.75 Å². The fraction of sp³-hybridized carbons (Fsp3) is 0.294. The molecule has 0 atom stereocenters. The summed E-state index contributed by atoms with van der Waals surface area (Å²) in [6.45, 7) is 6.87. The van der Waals surface area contributed by atoms with Gasteiger partial charge in [-0.3, -0.25) is 4.98 Å². The van der Waals surface area contributed by atoms with Gasteiger partial charge in [0.1, 0.15) is 17.3 Å². The highest BCUT2D eigenvalue weighted by atomic mass is 32.1. The van der Waals surface area contributed by atoms with E-state index in [2.05, 4.69) is 37.0 Å². The molecule has 0 spiro atoms. The molecule has 21 heavy (non-hydrogen) atoms. The van der Waals surface area contributed by atoms with Crippen molar-refractivity contribution in [1.29, 1.82) is 0 Å². The molecule has 1 aromatic carbocycles. The SMILES string of the molecule is Cc1ccc(C(C)C)cc1OCc1ccnc(C(N)=S)c1. The number of nitrogens with zero attached hydrogens (tertiary/aromatic N) is 1. The molecule has 2 N–H and O–H groups in total. The molecule has 0 radical (unpaired) electrons. The lowest BCUT2D eigenvalue weighted by molar-refractivity contribution is 0.303. The average molecular weight is 300 g/mol. The molecular weight excluding hydrogens is 280 g/mol. The summed E-state index contributed by atoms with van der Waals surface area (Å²) in [7, 11) is 0. The summed E-state index contributed by atoms with van der Waals surface area (Å²) in [5.74, 6) is 1.39. The minimum Gasteiger partial charge on any atom is -0.489 e. The highest BCUT2D eigenvalue weighted by Gasteiger charge is 2.06. The second-order valence-corrected chi connectivity index (χ2v) is 5.82. The molecule has 2 rings (SSSR count). The normalized spacial score (nSPS) is 10.7. The van der Waals surface area contributed by atoms with Crippen molar-refractivity contribution in [2.75, 3.05) is 0 Å². The quantitative estimate of drug-likeness (QED) is 0.855. The molecule has 0 saturated carbocycles. The van der Waals surface area contributed by atoms with Gasteiger partial charge in [0.15, 0.2) is 0 Å². The van der Waals surface area contributed by atoms with Crippen molar-refractivity contribution in [3.63, 3.8) is 0 Å². The molecular formula is C17H20N2OS. The molecule has 1 aromatic heterocycles. The molecule has 1 heterocycles. The number of aromatic nitrogens is 1. The van der Waals surface area contributed by atoms with Gasteiger partial charge in [-0.25, -0.2) is 0 Å². The van der Waals surface area contributed by atoms with Crippen LogP contribution in [-0.4, -0.2) is 9.97 Å². The van der Waals surface area contributed by atoms with E-state index in [0.29, 0.717) is 23.2 Å². The zero-order valence-corrected chi connectivity index (χ0v) is 13.4. The van der Waals surface area contributed by atoms with E-state index in [9.17, 15) is 0 Å². The predicted octanol–water partition coefficient (Wildman–Crippen LogP) is 3.73. The zero-order valence-electron chi connectivity index (χ0n) is 12.6. The first-order valence-electron chi connectivity index (χ1n) is 6.95. The van der Waals surface area contributed by atoms with Crippen molar-refractivity contribution >= 4 is 17.2 Å². The Bertz CT molecular complexity index is 653. The Labute approximate surface area is 131 Å². The number of nitrogens with two attached hydrogens (primary N) is 1. The Balaban J connectivity index is 2.14. The van der Waals surface area contributed by atoms with Crippen LogP contribution >= 0.6 is 12.2 Å². The first-order chi connectivity index (χ1) is 9.97. The van der Waals surface area contributed by atoms with Gasteiger partial charge in [-0.05, 0) is 47.7 Å². The van der Waals surface area contributed by atoms with Crippen molar-refractivity contribution in [3.05, 3.63) is 58.9 Å². The fourth-order valence-corrected chi connectivity index (χ4v) is 2.10. The van der Waals surface area contributed by atoms with Crippen molar-refractivity contribution in [1.82, 2.24) is 4.98 Å². The minimum absolute atomic E-state index is 0.301. The van der Waals surface area contributed by atoms with Crippen molar-refractivity contribution in [2.24, 2.45) is 5.73 Å². The average Bonchev–Trinajstić information content (AvgIpc) is 2.46. The summed E-state index contributed by atoms with van der Waals surface area (Å²) in [5.41, 5.74) is 9.62. The Hall–Kier alpha value is -1.94. The van der Waals surface area contributed by atoms with Crippen LogP contribution in [0.4, 0.5) is 0 Å². The first-order valence-corrected chi connectivity index (χ1v) is 7.36. The lowest BCUT2D eigenvalue weighted by Crippen LogP contribution is -2.12. The number of rotatable bonds is 5. The van der Waals surface area contributed by atoms with Gasteiger partial charge in [0.25, 0.3) is 0 Å². The van der Waals surface area contributed by atoms with Crippen molar-refractivity contribution in [3.8, 4) is 5.75 Å². The molecule has 0 aliphatic heterocycles. The summed E-state index contributed by atoms with van der Waals surface area (Å²) >= 11 is 4.94. The number of hydrogen-bond acceptors (Lipinski definition) is 3. The Morgan fingerprint density at radius 3 is 2.71 bits per heavy atom. The summed E-state index contributed by atoms with van der Waals surface area (Å²) in [5, 5.41) is 0. The van der Waals surface area contributed by atoms with Crippen LogP contribution in [0, 0.1) is 6.92 Å². The molecule has 0 bridgehead atoms. The molecule has 3 nitrogen and oxygen atoms in total. The van der Waals surface area contributed by atoms with Crippen LogP contribution < -0.4 is 10.5 Å². The minimum atomic E-state index is 0.301. The maximum Gasteiger partial charge on any atom is 0.122 e. The van der Waals surface area contributed by atoms with Gasteiger partial charge >= 0.3 is 0 Å². The number of hydrogen-bond donors (Lipinski definition) is 1. The second-order valence-electron chi connectivity index (χ2n) is 5.38. The number of pyridine rings is 1. The Kier molecular flexibility index (Phi) is 4.91. The molecule has 0 unspecified atom stereocenters. The second kappa shape index (κ2) is 6.68. The fourth-order valence-electron chi connectivity index (χ4n) is 1.99. The number of benzene rings is 1. The summed E-state index contributed by atoms with van der Waals surface area (Å²) in [6.07, 6.45) is 1.70. The van der Waals surface area contributed by atoms with E-state index in [0.717, 1.165) is 16.9 Å². The smallest absolute Gasteiger partial charge is 0.122 e. The maximum atomic E-state index is 5.94. The highest BCUT2D eigenvalue weighted by molar-refractivity contribution is 7.80. The zero-order chi connectivity index (χ0) is 15.4. The van der Waals surface area contributed by atoms with Gasteiger partial charge in [-0.1, -0.05) is 38.2 Å². The Morgan fingerprint density at radius 1 is 1.29 bits per heavy atom. The maximum absolute atomic E-state index is 5.94. The molecule has 0 amide bonds. The topological polar surface area (TPSA) is 48.1 Å². The van der Waals surface area contributed by atoms with Gasteiger partial charge in [0.2, 0.25) is 0 Å². The first kappa shape index (κ1) is 15.4.